The first-order valence-electron chi connectivity index (χ1n) is 7.17. The normalized spacial score (nSPS) is 37.4. The lowest BCUT2D eigenvalue weighted by Crippen LogP contribution is -2.65. The fraction of sp³-hybridized carbons (Fsp3) is 0.929. The Hall–Kier alpha value is -0.920. The van der Waals surface area contributed by atoms with Crippen molar-refractivity contribution in [3.63, 3.8) is 0 Å². The monoisotopic (exact) mass is 330 g/mol. The molecule has 2 aliphatic carbocycles. The summed E-state index contributed by atoms with van der Waals surface area (Å²) < 4.78 is 71.9. The van der Waals surface area contributed by atoms with Crippen LogP contribution < -0.4 is 0 Å². The van der Waals surface area contributed by atoms with E-state index in [1.165, 1.54) is 0 Å². The van der Waals surface area contributed by atoms with Crippen LogP contribution in [0.3, 0.4) is 0 Å². The zero-order valence-corrected chi connectivity index (χ0v) is 12.5. The summed E-state index contributed by atoms with van der Waals surface area (Å²) in [5, 5.41) is 9.72. The van der Waals surface area contributed by atoms with Crippen molar-refractivity contribution in [1.29, 1.82) is 0 Å². The average molecular weight is 330 g/mol. The number of carbonyl (C=O) groups is 1. The van der Waals surface area contributed by atoms with Gasteiger partial charge in [-0.3, -0.25) is 4.79 Å². The first-order valence-corrected chi connectivity index (χ1v) is 7.17. The van der Waals surface area contributed by atoms with E-state index in [1.807, 2.05) is 0 Å². The van der Waals surface area contributed by atoms with Crippen molar-refractivity contribution in [3.8, 4) is 0 Å². The summed E-state index contributed by atoms with van der Waals surface area (Å²) in [6.07, 6.45) is -7.29. The standard InChI is InChI=1S/C14H19F5O3/c1-4-11(2,3)10(20)22-9-6-7-5-8(9)12(21,13(7,15)16)14(17,18)19/h7-9,21H,4-6H2,1-3H3. The smallest absolute Gasteiger partial charge is 0.423 e. The molecule has 8 heteroatoms. The second-order valence-electron chi connectivity index (χ2n) is 6.84. The van der Waals surface area contributed by atoms with E-state index in [9.17, 15) is 31.9 Å². The van der Waals surface area contributed by atoms with Crippen LogP contribution in [0.4, 0.5) is 22.0 Å². The largest absolute Gasteiger partial charge is 0.462 e. The molecule has 4 atom stereocenters. The van der Waals surface area contributed by atoms with Crippen molar-refractivity contribution in [2.24, 2.45) is 17.3 Å². The number of ether oxygens (including phenoxy) is 1. The molecule has 2 saturated carbocycles. The Morgan fingerprint density at radius 2 is 1.82 bits per heavy atom. The van der Waals surface area contributed by atoms with Gasteiger partial charge in [0.2, 0.25) is 5.60 Å². The molecule has 0 spiro atoms. The Bertz CT molecular complexity index is 474. The van der Waals surface area contributed by atoms with Gasteiger partial charge in [0, 0.05) is 11.8 Å². The lowest BCUT2D eigenvalue weighted by Gasteiger charge is -2.43. The first-order chi connectivity index (χ1) is 9.79. The van der Waals surface area contributed by atoms with Crippen LogP contribution in [0.15, 0.2) is 0 Å². The SMILES string of the molecule is CCC(C)(C)C(=O)OC1CC2CC1C(O)(C(F)(F)F)C2(F)F. The molecular formula is C14H19F5O3. The molecule has 0 amide bonds. The van der Waals surface area contributed by atoms with Crippen molar-refractivity contribution in [2.75, 3.05) is 0 Å². The van der Waals surface area contributed by atoms with Crippen molar-refractivity contribution < 1.29 is 36.6 Å². The number of hydrogen-bond acceptors (Lipinski definition) is 3. The van der Waals surface area contributed by atoms with Gasteiger partial charge in [-0.05, 0) is 33.1 Å². The molecule has 0 radical (unpaired) electrons. The maximum absolute atomic E-state index is 13.9. The summed E-state index contributed by atoms with van der Waals surface area (Å²) in [5.41, 5.74) is -5.05. The molecule has 3 nitrogen and oxygen atoms in total. The van der Waals surface area contributed by atoms with E-state index in [2.05, 4.69) is 0 Å². The molecule has 2 rings (SSSR count). The van der Waals surface area contributed by atoms with Crippen molar-refractivity contribution in [1.82, 2.24) is 0 Å². The second kappa shape index (κ2) is 4.79. The summed E-state index contributed by atoms with van der Waals surface area (Å²) in [7, 11) is 0. The summed E-state index contributed by atoms with van der Waals surface area (Å²) >= 11 is 0. The lowest BCUT2D eigenvalue weighted by molar-refractivity contribution is -0.355. The van der Waals surface area contributed by atoms with E-state index in [1.54, 1.807) is 20.8 Å². The van der Waals surface area contributed by atoms with Gasteiger partial charge in [-0.1, -0.05) is 6.92 Å². The van der Waals surface area contributed by atoms with Crippen molar-refractivity contribution in [2.45, 2.75) is 63.8 Å². The van der Waals surface area contributed by atoms with E-state index >= 15 is 0 Å². The van der Waals surface area contributed by atoms with Crippen LogP contribution in [0.5, 0.6) is 0 Å². The highest BCUT2D eigenvalue weighted by atomic mass is 19.4. The van der Waals surface area contributed by atoms with E-state index in [0.717, 1.165) is 0 Å². The Labute approximate surface area is 124 Å². The van der Waals surface area contributed by atoms with Crippen LogP contribution in [0.1, 0.15) is 40.0 Å². The van der Waals surface area contributed by atoms with Gasteiger partial charge in [0.25, 0.3) is 5.92 Å². The minimum Gasteiger partial charge on any atom is -0.462 e. The Balaban J connectivity index is 2.26. The summed E-state index contributed by atoms with van der Waals surface area (Å²) in [6, 6.07) is 0. The Morgan fingerprint density at radius 1 is 1.27 bits per heavy atom. The zero-order valence-electron chi connectivity index (χ0n) is 12.5. The highest BCUT2D eigenvalue weighted by Crippen LogP contribution is 2.65. The highest BCUT2D eigenvalue weighted by molar-refractivity contribution is 5.76. The molecule has 0 saturated heterocycles. The van der Waals surface area contributed by atoms with Crippen LogP contribution in [0.25, 0.3) is 0 Å². The summed E-state index contributed by atoms with van der Waals surface area (Å²) in [5.74, 6) is -8.46. The van der Waals surface area contributed by atoms with Gasteiger partial charge in [0.15, 0.2) is 0 Å². The zero-order chi connectivity index (χ0) is 17.1. The topological polar surface area (TPSA) is 46.5 Å². The van der Waals surface area contributed by atoms with E-state index in [-0.39, 0.29) is 6.42 Å². The van der Waals surface area contributed by atoms with Gasteiger partial charge in [-0.25, -0.2) is 8.78 Å². The first kappa shape index (κ1) is 17.4. The van der Waals surface area contributed by atoms with E-state index in [0.29, 0.717) is 6.42 Å². The molecular weight excluding hydrogens is 311 g/mol. The van der Waals surface area contributed by atoms with Gasteiger partial charge in [0.1, 0.15) is 6.10 Å². The molecule has 22 heavy (non-hydrogen) atoms. The fourth-order valence-electron chi connectivity index (χ4n) is 3.26. The van der Waals surface area contributed by atoms with Crippen LogP contribution in [0.2, 0.25) is 0 Å². The molecule has 0 aromatic rings. The lowest BCUT2D eigenvalue weighted by atomic mass is 9.78. The molecule has 2 aliphatic rings. The van der Waals surface area contributed by atoms with Gasteiger partial charge in [-0.2, -0.15) is 13.2 Å². The highest BCUT2D eigenvalue weighted by Gasteiger charge is 2.82. The molecule has 0 aromatic carbocycles. The predicted molar refractivity (Wildman–Crippen MR) is 66.1 cm³/mol. The number of esters is 1. The van der Waals surface area contributed by atoms with Crippen LogP contribution in [-0.2, 0) is 9.53 Å². The number of aliphatic hydroxyl groups is 1. The molecule has 0 aliphatic heterocycles. The van der Waals surface area contributed by atoms with Gasteiger partial charge in [-0.15, -0.1) is 0 Å². The van der Waals surface area contributed by atoms with E-state index in [4.69, 9.17) is 4.74 Å². The number of halogens is 5. The van der Waals surface area contributed by atoms with Crippen LogP contribution in [0, 0.1) is 17.3 Å². The van der Waals surface area contributed by atoms with Gasteiger partial charge < -0.3 is 9.84 Å². The Morgan fingerprint density at radius 3 is 2.23 bits per heavy atom. The van der Waals surface area contributed by atoms with Crippen molar-refractivity contribution in [3.05, 3.63) is 0 Å². The molecule has 2 fully saturated rings. The second-order valence-corrected chi connectivity index (χ2v) is 6.84. The maximum atomic E-state index is 13.9. The van der Waals surface area contributed by atoms with Gasteiger partial charge >= 0.3 is 12.1 Å². The third-order valence-electron chi connectivity index (χ3n) is 5.19. The number of carbonyl (C=O) groups excluding carboxylic acids is 1. The fourth-order valence-corrected chi connectivity index (χ4v) is 3.26. The number of hydrogen-bond donors (Lipinski definition) is 1. The molecule has 4 unspecified atom stereocenters. The van der Waals surface area contributed by atoms with Crippen LogP contribution in [-0.4, -0.2) is 34.9 Å². The molecule has 0 aromatic heterocycles. The third kappa shape index (κ3) is 2.13. The van der Waals surface area contributed by atoms with Crippen LogP contribution >= 0.6 is 0 Å². The average Bonchev–Trinajstić information content (AvgIpc) is 2.87. The quantitative estimate of drug-likeness (QED) is 0.638. The molecule has 0 heterocycles. The van der Waals surface area contributed by atoms with Crippen molar-refractivity contribution >= 4 is 5.97 Å². The number of alkyl halides is 5. The Kier molecular flexibility index (Phi) is 3.79. The van der Waals surface area contributed by atoms with E-state index < -0.39 is 53.4 Å². The summed E-state index contributed by atoms with van der Waals surface area (Å²) in [4.78, 5) is 12.0. The van der Waals surface area contributed by atoms with Gasteiger partial charge in [0.05, 0.1) is 5.41 Å². The minimum absolute atomic E-state index is 0.360. The molecule has 2 bridgehead atoms. The minimum atomic E-state index is -5.48. The number of fused-ring (bicyclic) bond motifs is 2. The third-order valence-corrected chi connectivity index (χ3v) is 5.19. The molecule has 1 N–H and O–H groups in total. The predicted octanol–water partition coefficient (Wildman–Crippen LogP) is 3.30. The summed E-state index contributed by atoms with van der Waals surface area (Å²) in [6.45, 7) is 4.84. The molecule has 128 valence electrons. The maximum Gasteiger partial charge on any atom is 0.423 e. The number of rotatable bonds is 3.